The smallest absolute Gasteiger partial charge is 0.157 e. The number of H-pyrrole nitrogens is 1. The molecule has 0 radical (unpaired) electrons. The fourth-order valence-corrected chi connectivity index (χ4v) is 4.08. The second-order valence-electron chi connectivity index (χ2n) is 5.74. The zero-order valence-corrected chi connectivity index (χ0v) is 15.4. The Bertz CT molecular complexity index is 1340. The van der Waals surface area contributed by atoms with E-state index in [4.69, 9.17) is 51.4 Å². The summed E-state index contributed by atoms with van der Waals surface area (Å²) >= 11 is 25.1. The molecule has 5 aromatic rings. The van der Waals surface area contributed by atoms with Crippen LogP contribution in [0.4, 0.5) is 0 Å². The van der Waals surface area contributed by atoms with Gasteiger partial charge in [0, 0.05) is 5.39 Å². The number of fused-ring (bicyclic) bond motifs is 5. The molecular weight excluding hydrogens is 400 g/mol. The minimum absolute atomic E-state index is 0.210. The Balaban J connectivity index is 2.00. The number of halogens is 4. The summed E-state index contributed by atoms with van der Waals surface area (Å²) in [5, 5.41) is 3.85. The Morgan fingerprint density at radius 1 is 0.720 bits per heavy atom. The number of aromatic nitrogens is 3. The quantitative estimate of drug-likeness (QED) is 0.170. The minimum atomic E-state index is 0.210. The van der Waals surface area contributed by atoms with E-state index in [1.165, 1.54) is 0 Å². The molecule has 5 rings (SSSR count). The lowest BCUT2D eigenvalue weighted by Crippen LogP contribution is -1.86. The van der Waals surface area contributed by atoms with Crippen molar-refractivity contribution in [2.45, 2.75) is 0 Å². The molecule has 122 valence electrons. The van der Waals surface area contributed by atoms with Crippen LogP contribution in [0, 0.1) is 0 Å². The second-order valence-corrected chi connectivity index (χ2v) is 7.25. The van der Waals surface area contributed by atoms with Gasteiger partial charge in [-0.2, -0.15) is 0 Å². The van der Waals surface area contributed by atoms with E-state index in [0.29, 0.717) is 32.1 Å². The van der Waals surface area contributed by atoms with E-state index in [0.717, 1.165) is 21.8 Å². The molecule has 1 N–H and O–H groups in total. The first-order chi connectivity index (χ1) is 12.0. The maximum absolute atomic E-state index is 6.41. The highest BCUT2D eigenvalue weighted by Gasteiger charge is 2.20. The first kappa shape index (κ1) is 15.5. The van der Waals surface area contributed by atoms with Crippen molar-refractivity contribution in [2.75, 3.05) is 0 Å². The molecule has 0 saturated carbocycles. The van der Waals surface area contributed by atoms with E-state index in [2.05, 4.69) is 9.97 Å². The average Bonchev–Trinajstić information content (AvgIpc) is 2.99. The number of nitrogens with zero attached hydrogens (tertiary/aromatic N) is 2. The van der Waals surface area contributed by atoms with Gasteiger partial charge in [0.05, 0.1) is 36.6 Å². The van der Waals surface area contributed by atoms with Crippen LogP contribution in [0.15, 0.2) is 36.4 Å². The molecule has 0 spiro atoms. The predicted octanol–water partition coefficient (Wildman–Crippen LogP) is 7.03. The monoisotopic (exact) mass is 405 g/mol. The van der Waals surface area contributed by atoms with Crippen LogP contribution >= 0.6 is 46.4 Å². The molecule has 2 heterocycles. The predicted molar refractivity (Wildman–Crippen MR) is 106 cm³/mol. The first-order valence-corrected chi connectivity index (χ1v) is 8.89. The molecule has 3 nitrogen and oxygen atoms in total. The summed E-state index contributed by atoms with van der Waals surface area (Å²) < 4.78 is 0. The Hall–Kier alpha value is -1.78. The summed E-state index contributed by atoms with van der Waals surface area (Å²) in [6.45, 7) is 0. The van der Waals surface area contributed by atoms with Crippen LogP contribution in [0.1, 0.15) is 0 Å². The van der Waals surface area contributed by atoms with Crippen LogP contribution in [-0.2, 0) is 0 Å². The number of aromatic amines is 1. The van der Waals surface area contributed by atoms with Gasteiger partial charge in [0.1, 0.15) is 5.52 Å². The first-order valence-electron chi connectivity index (χ1n) is 7.38. The van der Waals surface area contributed by atoms with E-state index in [-0.39, 0.29) is 10.0 Å². The van der Waals surface area contributed by atoms with Gasteiger partial charge in [-0.3, -0.25) is 0 Å². The van der Waals surface area contributed by atoms with Crippen molar-refractivity contribution < 1.29 is 0 Å². The average molecular weight is 407 g/mol. The van der Waals surface area contributed by atoms with E-state index in [1.807, 2.05) is 36.4 Å². The molecule has 0 aliphatic carbocycles. The molecule has 0 aliphatic rings. The Kier molecular flexibility index (Phi) is 3.32. The maximum Gasteiger partial charge on any atom is 0.157 e. The van der Waals surface area contributed by atoms with Crippen LogP contribution in [0.5, 0.6) is 0 Å². The summed E-state index contributed by atoms with van der Waals surface area (Å²) in [5.41, 5.74) is 3.33. The fraction of sp³-hybridized carbons (Fsp3) is 0. The molecule has 0 aliphatic heterocycles. The zero-order chi connectivity index (χ0) is 17.3. The van der Waals surface area contributed by atoms with Gasteiger partial charge in [0.2, 0.25) is 0 Å². The van der Waals surface area contributed by atoms with Gasteiger partial charge < -0.3 is 4.98 Å². The lowest BCUT2D eigenvalue weighted by molar-refractivity contribution is 1.36. The third-order valence-corrected chi connectivity index (χ3v) is 6.08. The summed E-state index contributed by atoms with van der Waals surface area (Å²) in [7, 11) is 0. The van der Waals surface area contributed by atoms with Crippen molar-refractivity contribution in [2.24, 2.45) is 0 Å². The number of hydrogen-bond acceptors (Lipinski definition) is 2. The van der Waals surface area contributed by atoms with Crippen molar-refractivity contribution >= 4 is 90.3 Å². The van der Waals surface area contributed by atoms with Crippen LogP contribution in [-0.4, -0.2) is 15.0 Å². The summed E-state index contributed by atoms with van der Waals surface area (Å²) in [6.07, 6.45) is 0. The lowest BCUT2D eigenvalue weighted by atomic mass is 10.1. The van der Waals surface area contributed by atoms with E-state index in [9.17, 15) is 0 Å². The Morgan fingerprint density at radius 3 is 2.00 bits per heavy atom. The number of hydrogen-bond donors (Lipinski definition) is 1. The number of benzene rings is 3. The molecule has 0 fully saturated rings. The molecule has 0 unspecified atom stereocenters. The number of rotatable bonds is 0. The van der Waals surface area contributed by atoms with Gasteiger partial charge in [-0.1, -0.05) is 70.7 Å². The minimum Gasteiger partial charge on any atom is -0.337 e. The fourth-order valence-electron chi connectivity index (χ4n) is 3.09. The summed E-state index contributed by atoms with van der Waals surface area (Å²) in [4.78, 5) is 12.6. The standard InChI is InChI=1S/C18H7Cl4N3/c19-12-11-16(15(22)14(21)13(12)20)25-18-17(11)23-9-5-7-3-1-2-4-8(7)6-10(9)24-18/h1-6H,(H,24,25). The van der Waals surface area contributed by atoms with Crippen molar-refractivity contribution in [3.05, 3.63) is 56.5 Å². The molecule has 0 atom stereocenters. The van der Waals surface area contributed by atoms with Crippen LogP contribution < -0.4 is 0 Å². The lowest BCUT2D eigenvalue weighted by Gasteiger charge is -2.04. The van der Waals surface area contributed by atoms with Gasteiger partial charge >= 0.3 is 0 Å². The molecule has 0 bridgehead atoms. The van der Waals surface area contributed by atoms with Gasteiger partial charge in [0.25, 0.3) is 0 Å². The van der Waals surface area contributed by atoms with Gasteiger partial charge in [-0.15, -0.1) is 0 Å². The van der Waals surface area contributed by atoms with Crippen molar-refractivity contribution in [3.63, 3.8) is 0 Å². The number of nitrogens with one attached hydrogen (secondary N) is 1. The molecule has 2 aromatic heterocycles. The summed E-state index contributed by atoms with van der Waals surface area (Å²) in [5.74, 6) is 0. The van der Waals surface area contributed by atoms with Gasteiger partial charge in [-0.05, 0) is 22.9 Å². The van der Waals surface area contributed by atoms with E-state index in [1.54, 1.807) is 0 Å². The SMILES string of the molecule is Clc1c(Cl)c(Cl)c2c([nH]c3nc4cc5ccccc5cc4nc32)c1Cl. The molecule has 0 saturated heterocycles. The van der Waals surface area contributed by atoms with Crippen molar-refractivity contribution in [3.8, 4) is 0 Å². The third-order valence-electron chi connectivity index (χ3n) is 4.28. The van der Waals surface area contributed by atoms with E-state index >= 15 is 0 Å². The van der Waals surface area contributed by atoms with Crippen LogP contribution in [0.25, 0.3) is 43.9 Å². The summed E-state index contributed by atoms with van der Waals surface area (Å²) in [6, 6.07) is 12.1. The van der Waals surface area contributed by atoms with Crippen molar-refractivity contribution in [1.29, 1.82) is 0 Å². The Morgan fingerprint density at radius 2 is 1.32 bits per heavy atom. The molecule has 7 heteroatoms. The topological polar surface area (TPSA) is 41.6 Å². The zero-order valence-electron chi connectivity index (χ0n) is 12.4. The molecule has 3 aromatic carbocycles. The molecular formula is C18H7Cl4N3. The normalized spacial score (nSPS) is 12.0. The van der Waals surface area contributed by atoms with E-state index < -0.39 is 0 Å². The largest absolute Gasteiger partial charge is 0.337 e. The van der Waals surface area contributed by atoms with Crippen molar-refractivity contribution in [1.82, 2.24) is 15.0 Å². The highest BCUT2D eigenvalue weighted by atomic mass is 35.5. The third kappa shape index (κ3) is 2.14. The Labute approximate surface area is 161 Å². The van der Waals surface area contributed by atoms with Crippen LogP contribution in [0.2, 0.25) is 20.1 Å². The van der Waals surface area contributed by atoms with Gasteiger partial charge in [0.15, 0.2) is 5.65 Å². The highest BCUT2D eigenvalue weighted by Crippen LogP contribution is 2.45. The molecule has 25 heavy (non-hydrogen) atoms. The second kappa shape index (κ2) is 5.36. The maximum atomic E-state index is 6.41. The van der Waals surface area contributed by atoms with Gasteiger partial charge in [-0.25, -0.2) is 9.97 Å². The van der Waals surface area contributed by atoms with Crippen LogP contribution in [0.3, 0.4) is 0 Å². The molecule has 0 amide bonds. The highest BCUT2D eigenvalue weighted by molar-refractivity contribution is 6.56.